The molecule has 0 aliphatic heterocycles. The molecule has 6 nitrogen and oxygen atoms in total. The summed E-state index contributed by atoms with van der Waals surface area (Å²) in [5, 5.41) is 3.82. The Morgan fingerprint density at radius 3 is 1.73 bits per heavy atom. The molecule has 0 amide bonds. The van der Waals surface area contributed by atoms with Gasteiger partial charge in [-0.25, -0.2) is 0 Å². The summed E-state index contributed by atoms with van der Waals surface area (Å²) in [6.45, 7) is 6.56. The second kappa shape index (κ2) is 17.0. The molecule has 0 bridgehead atoms. The minimum atomic E-state index is -0.569. The van der Waals surface area contributed by atoms with Gasteiger partial charge in [-0.1, -0.05) is 32.9 Å². The van der Waals surface area contributed by atoms with Crippen LogP contribution in [0.25, 0.3) is 99.6 Å². The first-order valence-corrected chi connectivity index (χ1v) is 24.3. The van der Waals surface area contributed by atoms with Gasteiger partial charge in [-0.2, -0.15) is 0 Å². The third-order valence-electron chi connectivity index (χ3n) is 13.2. The topological polar surface area (TPSA) is 41.3 Å². The van der Waals surface area contributed by atoms with Gasteiger partial charge < -0.3 is 0 Å². The molecule has 0 unspecified atom stereocenters. The molecule has 0 saturated carbocycles. The van der Waals surface area contributed by atoms with Crippen LogP contribution in [-0.4, -0.2) is 23.1 Å². The van der Waals surface area contributed by atoms with Crippen molar-refractivity contribution in [1.29, 1.82) is 0 Å². The maximum absolute atomic E-state index is 9.33. The zero-order chi connectivity index (χ0) is 56.5. The molecule has 0 spiro atoms. The molecule has 0 N–H and O–H groups in total. The molecular weight excluding hydrogens is 1050 g/mol. The molecule has 71 heavy (non-hydrogen) atoms. The monoisotopic (exact) mass is 1110 g/mol. The average Bonchev–Trinajstić information content (AvgIpc) is 3.04. The first-order valence-electron chi connectivity index (χ1n) is 28.2. The number of para-hydroxylation sites is 5. The summed E-state index contributed by atoms with van der Waals surface area (Å²) >= 11 is 2.24. The molecule has 0 aliphatic rings. The van der Waals surface area contributed by atoms with Gasteiger partial charge in [0, 0.05) is 6.20 Å². The molecule has 0 aliphatic carbocycles. The Labute approximate surface area is 436 Å². The summed E-state index contributed by atoms with van der Waals surface area (Å²) in [6.07, 6.45) is 1.86. The normalized spacial score (nSPS) is 13.9. The van der Waals surface area contributed by atoms with Gasteiger partial charge in [0.15, 0.2) is 0 Å². The van der Waals surface area contributed by atoms with E-state index in [1.807, 2.05) is 102 Å². The zero-order valence-electron chi connectivity index (χ0n) is 48.6. The van der Waals surface area contributed by atoms with E-state index in [4.69, 9.17) is 17.9 Å². The summed E-state index contributed by atoms with van der Waals surface area (Å²) in [5.41, 5.74) is 7.81. The molecule has 344 valence electrons. The van der Waals surface area contributed by atoms with Crippen molar-refractivity contribution in [2.24, 2.45) is 0 Å². The van der Waals surface area contributed by atoms with Crippen LogP contribution in [0.5, 0.6) is 11.5 Å². The van der Waals surface area contributed by atoms with E-state index in [0.29, 0.717) is 26.3 Å². The Kier molecular flexibility index (Phi) is 7.95. The third kappa shape index (κ3) is 7.12. The Hall–Kier alpha value is -8.31. The fourth-order valence-electron chi connectivity index (χ4n) is 10.0. The fraction of sp³-hybridized carbons (Fsp3) is 0.0625. The standard InChI is InChI=1S/C64H47N5O.Pt/c1-64(2,3)45-37-38-65-61(39-45)69-56-31-16-13-25-51(56)53-35-33-47(40-59(53)69)70-48-34-36-57-60(41-48)67-42-66(62-49(43-19-7-4-8-20-43)27-17-28-50(62)44-21-9-5-10-22-44)58-32-18-29-54(63(58)67)52-26-14-15-30-55(52)68(57)46-23-11-6-12-24-46;/h4-41H,1-3H3;/i4D,5D,7D,8D,9D,10D,19D,20D,21D,22D;. The number of pyridine rings is 1. The number of rotatable bonds is 7. The second-order valence-corrected chi connectivity index (χ2v) is 19.4. The number of nitrogens with zero attached hydrogens (tertiary/aromatic N) is 5. The number of benzene rings is 9. The second-order valence-electron chi connectivity index (χ2n) is 18.4. The summed E-state index contributed by atoms with van der Waals surface area (Å²) < 4.78 is 106. The van der Waals surface area contributed by atoms with Crippen molar-refractivity contribution in [2.45, 2.75) is 26.2 Å². The number of fused-ring (bicyclic) bond motifs is 7. The van der Waals surface area contributed by atoms with Crippen molar-refractivity contribution in [2.75, 3.05) is 0 Å². The quantitative estimate of drug-likeness (QED) is 0.160. The molecule has 7 heteroatoms. The number of hydrogen-bond donors (Lipinski definition) is 0. The first-order chi connectivity index (χ1) is 38.9. The SMILES string of the molecule is [2H]c1c([2H])c([2H])c(-c2cccc(-c3c([2H])c([2H])c([2H])c([2H])c3[2H])c2-n2[c](=[Pt])n3c4cc(Oc5ccc6c7ccccc7n(-c7cc(C(C)(C)C)ccn7)c6c5)ccc4n(-c4ccccc4)c4ccccc4c4cccc2c43)c([2H])c1[2H]. The zero-order valence-corrected chi connectivity index (χ0v) is 40.9. The summed E-state index contributed by atoms with van der Waals surface area (Å²) in [7, 11) is 0. The number of ether oxygens (including phenoxy) is 1. The Morgan fingerprint density at radius 1 is 0.479 bits per heavy atom. The predicted octanol–water partition coefficient (Wildman–Crippen LogP) is 16.5. The summed E-state index contributed by atoms with van der Waals surface area (Å²) in [4.78, 5) is 4.90. The number of hydrogen-bond acceptors (Lipinski definition) is 2. The van der Waals surface area contributed by atoms with Gasteiger partial charge in [-0.05, 0) is 17.0 Å². The Balaban J connectivity index is 1.16. The summed E-state index contributed by atoms with van der Waals surface area (Å²) in [6, 6.07) is 48.4. The molecule has 0 saturated heterocycles. The fourth-order valence-corrected chi connectivity index (χ4v) is 11.1. The van der Waals surface area contributed by atoms with Crippen LogP contribution in [0.4, 0.5) is 0 Å². The van der Waals surface area contributed by atoms with Gasteiger partial charge in [0.25, 0.3) is 0 Å². The van der Waals surface area contributed by atoms with E-state index in [-0.39, 0.29) is 33.4 Å². The molecule has 4 heterocycles. The Morgan fingerprint density at radius 2 is 1.04 bits per heavy atom. The van der Waals surface area contributed by atoms with Gasteiger partial charge in [0.05, 0.1) is 0 Å². The van der Waals surface area contributed by atoms with E-state index in [2.05, 4.69) is 108 Å². The van der Waals surface area contributed by atoms with Crippen molar-refractivity contribution in [3.63, 3.8) is 0 Å². The molecule has 0 radical (unpaired) electrons. The van der Waals surface area contributed by atoms with Gasteiger partial charge in [0.1, 0.15) is 0 Å². The van der Waals surface area contributed by atoms with E-state index < -0.39 is 60.4 Å². The molecule has 13 rings (SSSR count). The van der Waals surface area contributed by atoms with E-state index in [1.54, 1.807) is 18.2 Å². The van der Waals surface area contributed by atoms with Gasteiger partial charge in [0.2, 0.25) is 0 Å². The van der Waals surface area contributed by atoms with E-state index in [0.717, 1.165) is 66.2 Å². The Bertz CT molecular complexity index is 4800. The van der Waals surface area contributed by atoms with Crippen LogP contribution in [0.3, 0.4) is 0 Å². The van der Waals surface area contributed by atoms with Crippen LogP contribution in [0.15, 0.2) is 230 Å². The van der Waals surface area contributed by atoms with Gasteiger partial charge in [-0.15, -0.1) is 0 Å². The van der Waals surface area contributed by atoms with Crippen LogP contribution in [0.1, 0.15) is 40.0 Å². The van der Waals surface area contributed by atoms with Crippen molar-refractivity contribution >= 4 is 60.2 Å². The maximum atomic E-state index is 9.33. The van der Waals surface area contributed by atoms with E-state index >= 15 is 0 Å². The van der Waals surface area contributed by atoms with E-state index in [9.17, 15) is 5.48 Å². The number of aromatic nitrogens is 5. The molecule has 9 aromatic carbocycles. The number of imidazole rings is 1. The van der Waals surface area contributed by atoms with Crippen LogP contribution in [0.2, 0.25) is 0 Å². The molecule has 0 fully saturated rings. The molecule has 13 aromatic rings. The van der Waals surface area contributed by atoms with Crippen LogP contribution < -0.4 is 4.74 Å². The minimum absolute atomic E-state index is 0.115. The molecule has 4 aromatic heterocycles. The van der Waals surface area contributed by atoms with Crippen molar-refractivity contribution in [3.05, 3.63) is 240 Å². The van der Waals surface area contributed by atoms with Crippen molar-refractivity contribution < 1.29 is 37.8 Å². The van der Waals surface area contributed by atoms with Crippen molar-refractivity contribution in [1.82, 2.24) is 23.1 Å². The molecular formula is C64H47N5OPt. The average molecular weight is 1110 g/mol. The first kappa shape index (κ1) is 33.3. The van der Waals surface area contributed by atoms with Crippen molar-refractivity contribution in [3.8, 4) is 50.9 Å². The third-order valence-corrected chi connectivity index (χ3v) is 14.2. The van der Waals surface area contributed by atoms with Crippen LogP contribution >= 0.6 is 0 Å². The summed E-state index contributed by atoms with van der Waals surface area (Å²) in [5.74, 6) is 1.87. The van der Waals surface area contributed by atoms with Crippen LogP contribution in [-0.2, 0) is 24.8 Å². The van der Waals surface area contributed by atoms with Gasteiger partial charge >= 0.3 is 382 Å². The molecule has 0 atom stereocenters. The van der Waals surface area contributed by atoms with Gasteiger partial charge in [-0.3, -0.25) is 0 Å². The predicted molar refractivity (Wildman–Crippen MR) is 289 cm³/mol. The van der Waals surface area contributed by atoms with E-state index in [1.165, 1.54) is 0 Å². The van der Waals surface area contributed by atoms with Crippen LogP contribution in [0, 0.1) is 3.80 Å².